The van der Waals surface area contributed by atoms with Crippen LogP contribution in [0.15, 0.2) is 4.99 Å². The monoisotopic (exact) mass is 475 g/mol. The van der Waals surface area contributed by atoms with Gasteiger partial charge in [-0.05, 0) is 33.1 Å². The van der Waals surface area contributed by atoms with Crippen LogP contribution in [-0.2, 0) is 24.0 Å². The van der Waals surface area contributed by atoms with Crippen LogP contribution < -0.4 is 33.2 Å². The summed E-state index contributed by atoms with van der Waals surface area (Å²) >= 11 is 0. The molecule has 0 saturated carbocycles. The number of hydrogen-bond donors (Lipinski definition) is 9. The minimum atomic E-state index is -1.60. The van der Waals surface area contributed by atoms with Crippen LogP contribution in [0, 0.1) is 0 Å². The van der Waals surface area contributed by atoms with Gasteiger partial charge in [0.1, 0.15) is 12.1 Å². The summed E-state index contributed by atoms with van der Waals surface area (Å²) in [4.78, 5) is 62.8. The first kappa shape index (κ1) is 29.5. The van der Waals surface area contributed by atoms with Crippen LogP contribution in [0.5, 0.6) is 0 Å². The summed E-state index contributed by atoms with van der Waals surface area (Å²) in [5.74, 6) is -5.30. The Labute approximate surface area is 190 Å². The zero-order chi connectivity index (χ0) is 25.7. The standard InChI is InChI=1S/C18H33N7O8/c1-8(14(29)25-13(9(2)26)17(32)33)23-16(31)11(5-6-12(27)28)24-15(30)10(19)4-3-7-22-18(20)21/h8-11,13,26H,3-7,19H2,1-2H3,(H,23,31)(H,24,30)(H,25,29)(H,27,28)(H,32,33)(H4,20,21,22). The van der Waals surface area contributed by atoms with E-state index >= 15 is 0 Å². The number of nitrogens with two attached hydrogens (primary N) is 3. The molecule has 0 aliphatic carbocycles. The van der Waals surface area contributed by atoms with Gasteiger partial charge < -0.3 is 48.5 Å². The highest BCUT2D eigenvalue weighted by Crippen LogP contribution is 2.03. The zero-order valence-corrected chi connectivity index (χ0v) is 18.5. The van der Waals surface area contributed by atoms with Gasteiger partial charge in [0.15, 0.2) is 12.0 Å². The molecule has 188 valence electrons. The van der Waals surface area contributed by atoms with Gasteiger partial charge >= 0.3 is 11.9 Å². The van der Waals surface area contributed by atoms with Crippen molar-refractivity contribution in [1.82, 2.24) is 16.0 Å². The van der Waals surface area contributed by atoms with Gasteiger partial charge in [-0.25, -0.2) is 4.79 Å². The van der Waals surface area contributed by atoms with Crippen molar-refractivity contribution < 1.29 is 39.3 Å². The largest absolute Gasteiger partial charge is 0.481 e. The maximum absolute atomic E-state index is 12.6. The second-order valence-corrected chi connectivity index (χ2v) is 7.34. The first-order chi connectivity index (χ1) is 15.3. The molecule has 0 spiro atoms. The Kier molecular flexibility index (Phi) is 13.0. The van der Waals surface area contributed by atoms with Crippen molar-refractivity contribution >= 4 is 35.6 Å². The summed E-state index contributed by atoms with van der Waals surface area (Å²) in [6.45, 7) is 2.66. The predicted molar refractivity (Wildman–Crippen MR) is 116 cm³/mol. The van der Waals surface area contributed by atoms with Gasteiger partial charge in [0.2, 0.25) is 17.7 Å². The number of aliphatic hydroxyl groups excluding tert-OH is 1. The molecule has 3 amide bonds. The minimum absolute atomic E-state index is 0.111. The Morgan fingerprint density at radius 3 is 2.00 bits per heavy atom. The molecule has 0 fully saturated rings. The molecule has 0 saturated heterocycles. The number of carboxylic acid groups (broad SMARTS) is 2. The lowest BCUT2D eigenvalue weighted by molar-refractivity contribution is -0.145. The van der Waals surface area contributed by atoms with E-state index in [1.165, 1.54) is 13.8 Å². The van der Waals surface area contributed by atoms with Crippen LogP contribution in [0.4, 0.5) is 0 Å². The maximum Gasteiger partial charge on any atom is 0.328 e. The molecule has 15 heteroatoms. The van der Waals surface area contributed by atoms with E-state index in [1.807, 2.05) is 0 Å². The lowest BCUT2D eigenvalue weighted by atomic mass is 10.1. The van der Waals surface area contributed by atoms with Crippen LogP contribution in [0.25, 0.3) is 0 Å². The highest BCUT2D eigenvalue weighted by Gasteiger charge is 2.30. The number of hydrogen-bond acceptors (Lipinski definition) is 8. The molecule has 0 bridgehead atoms. The van der Waals surface area contributed by atoms with Crippen molar-refractivity contribution in [2.24, 2.45) is 22.2 Å². The second-order valence-electron chi connectivity index (χ2n) is 7.34. The Hall–Kier alpha value is -3.46. The fourth-order valence-electron chi connectivity index (χ4n) is 2.51. The average molecular weight is 476 g/mol. The van der Waals surface area contributed by atoms with Gasteiger partial charge in [0.25, 0.3) is 0 Å². The molecule has 0 heterocycles. The third-order valence-electron chi connectivity index (χ3n) is 4.38. The second kappa shape index (κ2) is 14.6. The minimum Gasteiger partial charge on any atom is -0.481 e. The van der Waals surface area contributed by atoms with Crippen molar-refractivity contribution in [1.29, 1.82) is 0 Å². The number of aliphatic carboxylic acids is 2. The van der Waals surface area contributed by atoms with Crippen molar-refractivity contribution in [3.05, 3.63) is 0 Å². The summed E-state index contributed by atoms with van der Waals surface area (Å²) < 4.78 is 0. The highest BCUT2D eigenvalue weighted by atomic mass is 16.4. The average Bonchev–Trinajstić information content (AvgIpc) is 2.70. The molecule has 5 atom stereocenters. The number of aliphatic hydroxyl groups is 1. The lowest BCUT2D eigenvalue weighted by Gasteiger charge is -2.24. The highest BCUT2D eigenvalue weighted by molar-refractivity contribution is 5.94. The van der Waals surface area contributed by atoms with Gasteiger partial charge in [-0.15, -0.1) is 0 Å². The SMILES string of the molecule is CC(NC(=O)C(CCC(=O)O)NC(=O)C(N)CCCN=C(N)N)C(=O)NC(C(=O)O)C(C)O. The zero-order valence-electron chi connectivity index (χ0n) is 18.5. The number of nitrogens with one attached hydrogen (secondary N) is 3. The van der Waals surface area contributed by atoms with E-state index in [0.717, 1.165) is 0 Å². The lowest BCUT2D eigenvalue weighted by Crippen LogP contribution is -2.57. The molecule has 15 nitrogen and oxygen atoms in total. The fourth-order valence-corrected chi connectivity index (χ4v) is 2.51. The van der Waals surface area contributed by atoms with Gasteiger partial charge in [0.05, 0.1) is 12.1 Å². The van der Waals surface area contributed by atoms with E-state index in [2.05, 4.69) is 20.9 Å². The van der Waals surface area contributed by atoms with E-state index in [-0.39, 0.29) is 25.3 Å². The van der Waals surface area contributed by atoms with Gasteiger partial charge in [-0.3, -0.25) is 24.2 Å². The molecule has 33 heavy (non-hydrogen) atoms. The molecule has 0 aromatic rings. The Bertz CT molecular complexity index is 739. The molecule has 0 rings (SSSR count). The van der Waals surface area contributed by atoms with Crippen LogP contribution in [0.1, 0.15) is 39.5 Å². The smallest absolute Gasteiger partial charge is 0.328 e. The molecule has 0 aliphatic heterocycles. The van der Waals surface area contributed by atoms with E-state index in [4.69, 9.17) is 27.4 Å². The summed E-state index contributed by atoms with van der Waals surface area (Å²) in [5.41, 5.74) is 16.2. The molecule has 0 aromatic carbocycles. The normalized spacial score (nSPS) is 15.2. The molecule has 5 unspecified atom stereocenters. The quantitative estimate of drug-likeness (QED) is 0.0628. The molecule has 0 aliphatic rings. The van der Waals surface area contributed by atoms with Crippen LogP contribution >= 0.6 is 0 Å². The molecule has 0 aromatic heterocycles. The number of nitrogens with zero attached hydrogens (tertiary/aromatic N) is 1. The van der Waals surface area contributed by atoms with E-state index < -0.39 is 66.4 Å². The number of carbonyl (C=O) groups is 5. The summed E-state index contributed by atoms with van der Waals surface area (Å²) in [7, 11) is 0. The topological polar surface area (TPSA) is 273 Å². The Balaban J connectivity index is 5.07. The molecule has 12 N–H and O–H groups in total. The van der Waals surface area contributed by atoms with E-state index in [0.29, 0.717) is 6.42 Å². The first-order valence-corrected chi connectivity index (χ1v) is 10.1. The number of amides is 3. The number of carbonyl (C=O) groups excluding carboxylic acids is 3. The third kappa shape index (κ3) is 12.2. The van der Waals surface area contributed by atoms with Crippen molar-refractivity contribution in [3.8, 4) is 0 Å². The Morgan fingerprint density at radius 1 is 0.909 bits per heavy atom. The first-order valence-electron chi connectivity index (χ1n) is 10.1. The number of rotatable bonds is 15. The summed E-state index contributed by atoms with van der Waals surface area (Å²) in [5, 5.41) is 34.1. The summed E-state index contributed by atoms with van der Waals surface area (Å²) in [6, 6.07) is -5.20. The number of guanidine groups is 1. The van der Waals surface area contributed by atoms with Gasteiger partial charge in [-0.2, -0.15) is 0 Å². The molecular weight excluding hydrogens is 442 g/mol. The number of aliphatic imine (C=N–C) groups is 1. The number of carboxylic acids is 2. The van der Waals surface area contributed by atoms with Gasteiger partial charge in [0, 0.05) is 13.0 Å². The molecule has 0 radical (unpaired) electrons. The summed E-state index contributed by atoms with van der Waals surface area (Å²) in [6.07, 6.45) is -1.57. The third-order valence-corrected chi connectivity index (χ3v) is 4.38. The van der Waals surface area contributed by atoms with Crippen LogP contribution in [0.2, 0.25) is 0 Å². The van der Waals surface area contributed by atoms with E-state index in [1.54, 1.807) is 0 Å². The van der Waals surface area contributed by atoms with Gasteiger partial charge in [-0.1, -0.05) is 0 Å². The van der Waals surface area contributed by atoms with Crippen LogP contribution in [-0.4, -0.2) is 87.8 Å². The van der Waals surface area contributed by atoms with E-state index in [9.17, 15) is 29.1 Å². The fraction of sp³-hybridized carbons (Fsp3) is 0.667. The van der Waals surface area contributed by atoms with Crippen molar-refractivity contribution in [3.63, 3.8) is 0 Å². The Morgan fingerprint density at radius 2 is 1.52 bits per heavy atom. The van der Waals surface area contributed by atoms with Crippen LogP contribution in [0.3, 0.4) is 0 Å². The molecular formula is C18H33N7O8. The van der Waals surface area contributed by atoms with Crippen molar-refractivity contribution in [2.75, 3.05) is 6.54 Å². The predicted octanol–water partition coefficient (Wildman–Crippen LogP) is -3.83. The maximum atomic E-state index is 12.6. The van der Waals surface area contributed by atoms with Crippen molar-refractivity contribution in [2.45, 2.75) is 69.8 Å².